The third-order valence-electron chi connectivity index (χ3n) is 2.57. The van der Waals surface area contributed by atoms with Gasteiger partial charge in [-0.15, -0.1) is 0 Å². The van der Waals surface area contributed by atoms with Crippen molar-refractivity contribution in [2.75, 3.05) is 26.4 Å². The highest BCUT2D eigenvalue weighted by Gasteiger charge is 2.29. The third kappa shape index (κ3) is 6.53. The van der Waals surface area contributed by atoms with Gasteiger partial charge < -0.3 is 25.2 Å². The second-order valence-corrected chi connectivity index (χ2v) is 4.24. The molecule has 0 atom stereocenters. The molecule has 0 aliphatic carbocycles. The van der Waals surface area contributed by atoms with E-state index in [0.29, 0.717) is 12.8 Å². The van der Waals surface area contributed by atoms with Gasteiger partial charge in [0.15, 0.2) is 0 Å². The van der Waals surface area contributed by atoms with Gasteiger partial charge >= 0.3 is 11.9 Å². The average molecular weight is 264 g/mol. The van der Waals surface area contributed by atoms with Crippen LogP contribution in [0.4, 0.5) is 0 Å². The smallest absolute Gasteiger partial charge is 0.305 e. The van der Waals surface area contributed by atoms with Crippen molar-refractivity contribution in [3.63, 3.8) is 0 Å². The van der Waals surface area contributed by atoms with Crippen LogP contribution in [0.2, 0.25) is 0 Å². The Morgan fingerprint density at radius 2 is 1.44 bits per heavy atom. The number of aliphatic hydroxyl groups is 3. The molecule has 0 aliphatic rings. The molecule has 0 rings (SSSR count). The van der Waals surface area contributed by atoms with Crippen molar-refractivity contribution in [1.82, 2.24) is 0 Å². The van der Waals surface area contributed by atoms with Gasteiger partial charge in [-0.25, -0.2) is 0 Å². The third-order valence-corrected chi connectivity index (χ3v) is 2.57. The second-order valence-electron chi connectivity index (χ2n) is 4.24. The largest absolute Gasteiger partial charge is 0.481 e. The molecule has 7 nitrogen and oxygen atoms in total. The molecule has 0 saturated carbocycles. The van der Waals surface area contributed by atoms with E-state index >= 15 is 0 Å². The molecule has 0 radical (unpaired) electrons. The summed E-state index contributed by atoms with van der Waals surface area (Å²) in [6, 6.07) is 0. The first-order valence-corrected chi connectivity index (χ1v) is 5.69. The predicted octanol–water partition coefficient (Wildman–Crippen LogP) is -0.862. The van der Waals surface area contributed by atoms with Crippen LogP contribution in [0.25, 0.3) is 0 Å². The van der Waals surface area contributed by atoms with Crippen molar-refractivity contribution in [1.29, 1.82) is 0 Å². The predicted molar refractivity (Wildman–Crippen MR) is 60.8 cm³/mol. The number of carbonyl (C=O) groups is 2. The molecular weight excluding hydrogens is 244 g/mol. The topological polar surface area (TPSA) is 124 Å². The Labute approximate surface area is 105 Å². The summed E-state index contributed by atoms with van der Waals surface area (Å²) in [5, 5.41) is 35.3. The number of rotatable bonds is 10. The fraction of sp³-hybridized carbons (Fsp3) is 0.818. The number of esters is 1. The highest BCUT2D eigenvalue weighted by Crippen LogP contribution is 2.15. The van der Waals surface area contributed by atoms with E-state index < -0.39 is 37.2 Å². The van der Waals surface area contributed by atoms with Gasteiger partial charge in [-0.05, 0) is 12.8 Å². The quantitative estimate of drug-likeness (QED) is 0.299. The molecule has 4 N–H and O–H groups in total. The molecule has 0 aromatic heterocycles. The van der Waals surface area contributed by atoms with E-state index in [1.165, 1.54) is 0 Å². The van der Waals surface area contributed by atoms with Crippen molar-refractivity contribution >= 4 is 11.9 Å². The zero-order valence-corrected chi connectivity index (χ0v) is 10.2. The Morgan fingerprint density at radius 1 is 0.944 bits per heavy atom. The minimum absolute atomic E-state index is 0.00113. The Kier molecular flexibility index (Phi) is 8.27. The Morgan fingerprint density at radius 3 is 1.89 bits per heavy atom. The van der Waals surface area contributed by atoms with Crippen molar-refractivity contribution in [3.8, 4) is 0 Å². The molecular formula is C11H20O7. The average Bonchev–Trinajstić information content (AvgIpc) is 2.37. The van der Waals surface area contributed by atoms with Crippen LogP contribution in [0.1, 0.15) is 25.7 Å². The lowest BCUT2D eigenvalue weighted by molar-refractivity contribution is -0.151. The minimum atomic E-state index is -1.23. The maximum atomic E-state index is 11.3. The van der Waals surface area contributed by atoms with E-state index in [1.807, 2.05) is 0 Å². The van der Waals surface area contributed by atoms with Gasteiger partial charge in [-0.3, -0.25) is 9.59 Å². The number of aliphatic carboxylic acids is 1. The Balaban J connectivity index is 3.84. The first-order chi connectivity index (χ1) is 8.49. The highest BCUT2D eigenvalue weighted by molar-refractivity contribution is 5.69. The van der Waals surface area contributed by atoms with E-state index in [1.54, 1.807) is 0 Å². The number of hydrogen-bond acceptors (Lipinski definition) is 6. The van der Waals surface area contributed by atoms with Gasteiger partial charge in [0.2, 0.25) is 0 Å². The highest BCUT2D eigenvalue weighted by atomic mass is 16.5. The van der Waals surface area contributed by atoms with Gasteiger partial charge in [0, 0.05) is 12.8 Å². The molecule has 0 bridgehead atoms. The van der Waals surface area contributed by atoms with Crippen LogP contribution in [-0.4, -0.2) is 58.8 Å². The van der Waals surface area contributed by atoms with E-state index in [2.05, 4.69) is 0 Å². The number of carboxylic acids is 1. The van der Waals surface area contributed by atoms with Crippen LogP contribution < -0.4 is 0 Å². The van der Waals surface area contributed by atoms with Crippen molar-refractivity contribution in [2.24, 2.45) is 5.41 Å². The molecule has 106 valence electrons. The molecule has 0 heterocycles. The summed E-state index contributed by atoms with van der Waals surface area (Å²) < 4.78 is 4.82. The zero-order valence-electron chi connectivity index (χ0n) is 10.2. The number of carboxylic acid groups (broad SMARTS) is 1. The number of hydrogen-bond donors (Lipinski definition) is 4. The maximum Gasteiger partial charge on any atom is 0.305 e. The molecule has 7 heteroatoms. The van der Waals surface area contributed by atoms with Gasteiger partial charge in [0.1, 0.15) is 6.61 Å². The molecule has 0 amide bonds. The molecule has 18 heavy (non-hydrogen) atoms. The Bertz CT molecular complexity index is 252. The summed E-state index contributed by atoms with van der Waals surface area (Å²) in [4.78, 5) is 21.5. The molecule has 0 spiro atoms. The van der Waals surface area contributed by atoms with Gasteiger partial charge in [-0.1, -0.05) is 0 Å². The molecule has 0 unspecified atom stereocenters. The van der Waals surface area contributed by atoms with Crippen molar-refractivity contribution in [3.05, 3.63) is 0 Å². The molecule has 0 aromatic carbocycles. The normalized spacial score (nSPS) is 11.3. The van der Waals surface area contributed by atoms with Crippen molar-refractivity contribution in [2.45, 2.75) is 25.7 Å². The molecule has 0 aliphatic heterocycles. The van der Waals surface area contributed by atoms with E-state index in [9.17, 15) is 9.59 Å². The minimum Gasteiger partial charge on any atom is -0.481 e. The molecule has 0 fully saturated rings. The lowest BCUT2D eigenvalue weighted by Crippen LogP contribution is -2.39. The van der Waals surface area contributed by atoms with Crippen LogP contribution in [-0.2, 0) is 14.3 Å². The molecule has 0 saturated heterocycles. The van der Waals surface area contributed by atoms with E-state index in [0.717, 1.165) is 0 Å². The van der Waals surface area contributed by atoms with Crippen LogP contribution in [0.5, 0.6) is 0 Å². The lowest BCUT2D eigenvalue weighted by Gasteiger charge is -2.26. The van der Waals surface area contributed by atoms with Crippen LogP contribution >= 0.6 is 0 Å². The maximum absolute atomic E-state index is 11.3. The van der Waals surface area contributed by atoms with Gasteiger partial charge in [-0.2, -0.15) is 0 Å². The van der Waals surface area contributed by atoms with Gasteiger partial charge in [0.25, 0.3) is 0 Å². The Hall–Kier alpha value is -1.18. The lowest BCUT2D eigenvalue weighted by atomic mass is 9.93. The summed E-state index contributed by atoms with van der Waals surface area (Å²) in [6.07, 6.45) is 0.859. The molecule has 0 aromatic rings. The van der Waals surface area contributed by atoms with Gasteiger partial charge in [0.05, 0.1) is 25.2 Å². The number of aliphatic hydroxyl groups excluding tert-OH is 3. The fourth-order valence-electron chi connectivity index (χ4n) is 1.14. The van der Waals surface area contributed by atoms with E-state index in [4.69, 9.17) is 25.2 Å². The monoisotopic (exact) mass is 264 g/mol. The standard InChI is InChI=1S/C11H20O7/c12-5-11(6-13,7-14)8-18-10(17)4-2-1-3-9(15)16/h12-14H,1-8H2,(H,15,16). The first-order valence-electron chi connectivity index (χ1n) is 5.69. The van der Waals surface area contributed by atoms with Crippen LogP contribution in [0.15, 0.2) is 0 Å². The first kappa shape index (κ1) is 16.8. The summed E-state index contributed by atoms with van der Waals surface area (Å²) in [5.74, 6) is -1.46. The number of ether oxygens (including phenoxy) is 1. The SMILES string of the molecule is O=C(O)CCCCC(=O)OCC(CO)(CO)CO. The summed E-state index contributed by atoms with van der Waals surface area (Å²) >= 11 is 0. The zero-order chi connectivity index (χ0) is 14.0. The van der Waals surface area contributed by atoms with Crippen LogP contribution in [0.3, 0.4) is 0 Å². The second kappa shape index (κ2) is 8.84. The summed E-state index contributed by atoms with van der Waals surface area (Å²) in [6.45, 7) is -1.75. The summed E-state index contributed by atoms with van der Waals surface area (Å²) in [7, 11) is 0. The van der Waals surface area contributed by atoms with Crippen LogP contribution in [0, 0.1) is 5.41 Å². The number of carbonyl (C=O) groups excluding carboxylic acids is 1. The number of unbranched alkanes of at least 4 members (excludes halogenated alkanes) is 1. The fourth-order valence-corrected chi connectivity index (χ4v) is 1.14. The van der Waals surface area contributed by atoms with E-state index in [-0.39, 0.29) is 19.4 Å². The summed E-state index contributed by atoms with van der Waals surface area (Å²) in [5.41, 5.74) is -1.23. The van der Waals surface area contributed by atoms with Crippen molar-refractivity contribution < 1.29 is 34.8 Å².